The van der Waals surface area contributed by atoms with Crippen molar-refractivity contribution in [3.05, 3.63) is 29.8 Å². The minimum atomic E-state index is -0.367. The summed E-state index contributed by atoms with van der Waals surface area (Å²) in [6, 6.07) is 6.63. The van der Waals surface area contributed by atoms with Crippen LogP contribution in [0.1, 0.15) is 18.4 Å². The van der Waals surface area contributed by atoms with E-state index >= 15 is 0 Å². The van der Waals surface area contributed by atoms with Gasteiger partial charge in [-0.2, -0.15) is 0 Å². The second kappa shape index (κ2) is 4.14. The normalized spacial score (nSPS) is 16.8. The number of benzene rings is 1. The van der Waals surface area contributed by atoms with E-state index in [1.807, 2.05) is 0 Å². The molecule has 4 heteroatoms. The molecule has 1 aliphatic carbocycles. The second-order valence-corrected chi connectivity index (χ2v) is 4.33. The number of carbonyl (C=O) groups is 1. The Morgan fingerprint density at radius 2 is 2.19 bits per heavy atom. The molecule has 1 aliphatic rings. The third kappa shape index (κ3) is 2.52. The van der Waals surface area contributed by atoms with Gasteiger partial charge in [-0.15, -0.1) is 0 Å². The summed E-state index contributed by atoms with van der Waals surface area (Å²) in [5, 5.41) is 21.1. The van der Waals surface area contributed by atoms with Crippen molar-refractivity contribution in [1.82, 2.24) is 5.32 Å². The maximum atomic E-state index is 11.6. The molecule has 4 nitrogen and oxygen atoms in total. The van der Waals surface area contributed by atoms with E-state index < -0.39 is 0 Å². The summed E-state index contributed by atoms with van der Waals surface area (Å²) in [6.45, 7) is -0.00121. The molecule has 0 spiro atoms. The third-order valence-corrected chi connectivity index (χ3v) is 2.84. The Kier molecular flexibility index (Phi) is 2.83. The van der Waals surface area contributed by atoms with Gasteiger partial charge in [0.1, 0.15) is 5.75 Å². The van der Waals surface area contributed by atoms with Crippen molar-refractivity contribution in [3.8, 4) is 5.75 Å². The molecule has 86 valence electrons. The van der Waals surface area contributed by atoms with Gasteiger partial charge in [-0.1, -0.05) is 12.1 Å². The van der Waals surface area contributed by atoms with Crippen molar-refractivity contribution < 1.29 is 15.0 Å². The summed E-state index contributed by atoms with van der Waals surface area (Å²) >= 11 is 0. The maximum Gasteiger partial charge on any atom is 0.224 e. The van der Waals surface area contributed by atoms with Crippen molar-refractivity contribution in [3.63, 3.8) is 0 Å². The standard InChI is InChI=1S/C12H15NO3/c14-8-12(4-5-12)13-11(16)7-9-2-1-3-10(15)6-9/h1-3,6,14-15H,4-5,7-8H2,(H,13,16). The number of carbonyl (C=O) groups excluding carboxylic acids is 1. The number of hydrogen-bond acceptors (Lipinski definition) is 3. The van der Waals surface area contributed by atoms with Crippen LogP contribution in [-0.2, 0) is 11.2 Å². The van der Waals surface area contributed by atoms with Crippen LogP contribution in [0.15, 0.2) is 24.3 Å². The minimum absolute atomic E-state index is 0.00121. The first-order valence-corrected chi connectivity index (χ1v) is 5.33. The molecule has 16 heavy (non-hydrogen) atoms. The molecule has 1 fully saturated rings. The van der Waals surface area contributed by atoms with E-state index in [0.717, 1.165) is 18.4 Å². The molecule has 0 heterocycles. The lowest BCUT2D eigenvalue weighted by molar-refractivity contribution is -0.121. The molecule has 0 atom stereocenters. The average molecular weight is 221 g/mol. The van der Waals surface area contributed by atoms with Crippen LogP contribution in [0.5, 0.6) is 5.75 Å². The van der Waals surface area contributed by atoms with E-state index in [1.54, 1.807) is 24.3 Å². The highest BCUT2D eigenvalue weighted by atomic mass is 16.3. The van der Waals surface area contributed by atoms with E-state index in [0.29, 0.717) is 0 Å². The molecular weight excluding hydrogens is 206 g/mol. The third-order valence-electron chi connectivity index (χ3n) is 2.84. The Morgan fingerprint density at radius 3 is 2.75 bits per heavy atom. The fraction of sp³-hybridized carbons (Fsp3) is 0.417. The van der Waals surface area contributed by atoms with Crippen LogP contribution in [0.4, 0.5) is 0 Å². The summed E-state index contributed by atoms with van der Waals surface area (Å²) in [5.74, 6) is 0.0470. The van der Waals surface area contributed by atoms with E-state index in [2.05, 4.69) is 5.32 Å². The number of amides is 1. The van der Waals surface area contributed by atoms with Gasteiger partial charge in [0, 0.05) is 0 Å². The molecule has 0 aliphatic heterocycles. The molecule has 0 saturated heterocycles. The molecule has 1 aromatic rings. The van der Waals surface area contributed by atoms with Gasteiger partial charge in [0.25, 0.3) is 0 Å². The van der Waals surface area contributed by atoms with Crippen LogP contribution in [0.25, 0.3) is 0 Å². The lowest BCUT2D eigenvalue weighted by Gasteiger charge is -2.14. The molecule has 3 N–H and O–H groups in total. The number of phenols is 1. The van der Waals surface area contributed by atoms with Crippen LogP contribution in [-0.4, -0.2) is 28.3 Å². The lowest BCUT2D eigenvalue weighted by Crippen LogP contribution is -2.40. The topological polar surface area (TPSA) is 69.6 Å². The molecule has 1 amide bonds. The highest BCUT2D eigenvalue weighted by Crippen LogP contribution is 2.34. The summed E-state index contributed by atoms with van der Waals surface area (Å²) in [5.41, 5.74) is 0.403. The van der Waals surface area contributed by atoms with E-state index in [4.69, 9.17) is 5.11 Å². The number of phenolic OH excluding ortho intramolecular Hbond substituents is 1. The van der Waals surface area contributed by atoms with Gasteiger partial charge in [-0.25, -0.2) is 0 Å². The lowest BCUT2D eigenvalue weighted by atomic mass is 10.1. The summed E-state index contributed by atoms with van der Waals surface area (Å²) in [6.07, 6.45) is 1.92. The number of aliphatic hydroxyl groups is 1. The largest absolute Gasteiger partial charge is 0.508 e. The van der Waals surface area contributed by atoms with Crippen LogP contribution in [0, 0.1) is 0 Å². The van der Waals surface area contributed by atoms with Crippen molar-refractivity contribution in [2.45, 2.75) is 24.8 Å². The molecule has 2 rings (SSSR count). The Hall–Kier alpha value is -1.55. The smallest absolute Gasteiger partial charge is 0.224 e. The SMILES string of the molecule is O=C(Cc1cccc(O)c1)NC1(CO)CC1. The average Bonchev–Trinajstić information content (AvgIpc) is 2.98. The van der Waals surface area contributed by atoms with Crippen molar-refractivity contribution in [2.24, 2.45) is 0 Å². The monoisotopic (exact) mass is 221 g/mol. The maximum absolute atomic E-state index is 11.6. The first-order chi connectivity index (χ1) is 7.63. The molecular formula is C12H15NO3. The van der Waals surface area contributed by atoms with E-state index in [-0.39, 0.29) is 30.2 Å². The zero-order chi connectivity index (χ0) is 11.6. The highest BCUT2D eigenvalue weighted by molar-refractivity contribution is 5.79. The van der Waals surface area contributed by atoms with E-state index in [9.17, 15) is 9.90 Å². The second-order valence-electron chi connectivity index (χ2n) is 4.33. The molecule has 0 aromatic heterocycles. The molecule has 0 radical (unpaired) electrons. The Morgan fingerprint density at radius 1 is 1.44 bits per heavy atom. The number of hydrogen-bond donors (Lipinski definition) is 3. The van der Waals surface area contributed by atoms with Gasteiger partial charge in [0.2, 0.25) is 5.91 Å². The summed E-state index contributed by atoms with van der Waals surface area (Å²) in [7, 11) is 0. The number of rotatable bonds is 4. The fourth-order valence-corrected chi connectivity index (χ4v) is 1.67. The van der Waals surface area contributed by atoms with Crippen LogP contribution in [0.3, 0.4) is 0 Å². The van der Waals surface area contributed by atoms with Crippen LogP contribution < -0.4 is 5.32 Å². The van der Waals surface area contributed by atoms with Crippen molar-refractivity contribution >= 4 is 5.91 Å². The summed E-state index contributed by atoms with van der Waals surface area (Å²) in [4.78, 5) is 11.6. The van der Waals surface area contributed by atoms with Crippen molar-refractivity contribution in [2.75, 3.05) is 6.61 Å². The Balaban J connectivity index is 1.92. The first-order valence-electron chi connectivity index (χ1n) is 5.33. The van der Waals surface area contributed by atoms with Gasteiger partial charge in [-0.3, -0.25) is 4.79 Å². The van der Waals surface area contributed by atoms with Gasteiger partial charge >= 0.3 is 0 Å². The van der Waals surface area contributed by atoms with Crippen molar-refractivity contribution in [1.29, 1.82) is 0 Å². The quantitative estimate of drug-likeness (QED) is 0.696. The van der Waals surface area contributed by atoms with Gasteiger partial charge in [-0.05, 0) is 30.5 Å². The fourth-order valence-electron chi connectivity index (χ4n) is 1.67. The molecule has 1 aromatic carbocycles. The first kappa shape index (κ1) is 11.0. The minimum Gasteiger partial charge on any atom is -0.508 e. The van der Waals surface area contributed by atoms with Gasteiger partial charge in [0.15, 0.2) is 0 Å². The summed E-state index contributed by atoms with van der Waals surface area (Å²) < 4.78 is 0. The molecule has 1 saturated carbocycles. The van der Waals surface area contributed by atoms with Gasteiger partial charge < -0.3 is 15.5 Å². The Bertz CT molecular complexity index is 399. The van der Waals surface area contributed by atoms with Crippen LogP contribution in [0.2, 0.25) is 0 Å². The number of nitrogens with one attached hydrogen (secondary N) is 1. The zero-order valence-electron chi connectivity index (χ0n) is 8.94. The highest BCUT2D eigenvalue weighted by Gasteiger charge is 2.43. The Labute approximate surface area is 93.9 Å². The zero-order valence-corrected chi connectivity index (χ0v) is 8.94. The molecule has 0 bridgehead atoms. The molecule has 0 unspecified atom stereocenters. The predicted octanol–water partition coefficient (Wildman–Crippen LogP) is 0.576. The van der Waals surface area contributed by atoms with E-state index in [1.165, 1.54) is 0 Å². The van der Waals surface area contributed by atoms with Crippen LogP contribution >= 0.6 is 0 Å². The number of aliphatic hydroxyl groups excluding tert-OH is 1. The van der Waals surface area contributed by atoms with Gasteiger partial charge in [0.05, 0.1) is 18.6 Å². The predicted molar refractivity (Wildman–Crippen MR) is 59.0 cm³/mol. The number of aromatic hydroxyl groups is 1.